The Bertz CT molecular complexity index is 340. The minimum Gasteiger partial charge on any atom is -0.444 e. The third-order valence-corrected chi connectivity index (χ3v) is 2.89. The summed E-state index contributed by atoms with van der Waals surface area (Å²) in [6.45, 7) is 5.81. The van der Waals surface area contributed by atoms with E-state index in [1.807, 2.05) is 20.8 Å². The Morgan fingerprint density at radius 1 is 1.56 bits per heavy atom. The number of azide groups is 1. The number of carbonyl (C=O) groups excluding carboxylic acids is 1. The monoisotopic (exact) mass is 254 g/mol. The summed E-state index contributed by atoms with van der Waals surface area (Å²) in [7, 11) is 1.70. The minimum absolute atomic E-state index is 0.0664. The van der Waals surface area contributed by atoms with Crippen LogP contribution in [0.4, 0.5) is 4.79 Å². The van der Waals surface area contributed by atoms with E-state index in [1.165, 1.54) is 12.8 Å². The van der Waals surface area contributed by atoms with Crippen LogP contribution in [0, 0.1) is 5.92 Å². The second-order valence-electron chi connectivity index (χ2n) is 5.84. The standard InChI is InChI=1S/C12H22N4O2/c1-12(2,3)18-11(17)16(4)10(8-14-15-13)7-9-5-6-9/h9-10H,5-8H2,1-4H3/t10-/m1/s1. The van der Waals surface area contributed by atoms with Crippen LogP contribution < -0.4 is 0 Å². The summed E-state index contributed by atoms with van der Waals surface area (Å²) in [4.78, 5) is 16.3. The highest BCUT2D eigenvalue weighted by Gasteiger charge is 2.30. The zero-order valence-corrected chi connectivity index (χ0v) is 11.6. The van der Waals surface area contributed by atoms with Gasteiger partial charge in [-0.1, -0.05) is 18.0 Å². The van der Waals surface area contributed by atoms with E-state index >= 15 is 0 Å². The predicted octanol–water partition coefficient (Wildman–Crippen LogP) is 3.33. The largest absolute Gasteiger partial charge is 0.444 e. The first-order valence-corrected chi connectivity index (χ1v) is 6.30. The van der Waals surface area contributed by atoms with Crippen molar-refractivity contribution < 1.29 is 9.53 Å². The zero-order chi connectivity index (χ0) is 13.8. The summed E-state index contributed by atoms with van der Waals surface area (Å²) in [6, 6.07) is -0.0664. The Labute approximate surface area is 108 Å². The van der Waals surface area contributed by atoms with Gasteiger partial charge in [-0.05, 0) is 38.6 Å². The van der Waals surface area contributed by atoms with E-state index < -0.39 is 5.60 Å². The molecule has 6 nitrogen and oxygen atoms in total. The first-order valence-electron chi connectivity index (χ1n) is 6.30. The summed E-state index contributed by atoms with van der Waals surface area (Å²) >= 11 is 0. The summed E-state index contributed by atoms with van der Waals surface area (Å²) in [5.41, 5.74) is 7.89. The van der Waals surface area contributed by atoms with Crippen molar-refractivity contribution in [2.75, 3.05) is 13.6 Å². The molecule has 1 fully saturated rings. The molecule has 0 bridgehead atoms. The van der Waals surface area contributed by atoms with Crippen LogP contribution in [0.25, 0.3) is 10.4 Å². The van der Waals surface area contributed by atoms with Crippen molar-refractivity contribution in [3.05, 3.63) is 10.4 Å². The normalized spacial score (nSPS) is 16.7. The average Bonchev–Trinajstić information content (AvgIpc) is 3.04. The number of rotatable bonds is 5. The van der Waals surface area contributed by atoms with E-state index in [0.29, 0.717) is 12.5 Å². The Morgan fingerprint density at radius 3 is 2.61 bits per heavy atom. The van der Waals surface area contributed by atoms with E-state index in [-0.39, 0.29) is 12.1 Å². The van der Waals surface area contributed by atoms with Gasteiger partial charge in [0.15, 0.2) is 0 Å². The maximum absolute atomic E-state index is 11.9. The third kappa shape index (κ3) is 5.27. The summed E-state index contributed by atoms with van der Waals surface area (Å²) in [5.74, 6) is 0.661. The van der Waals surface area contributed by atoms with E-state index in [4.69, 9.17) is 10.3 Å². The van der Waals surface area contributed by atoms with Gasteiger partial charge in [-0.15, -0.1) is 0 Å². The second kappa shape index (κ2) is 5.96. The number of likely N-dealkylation sites (N-methyl/N-ethyl adjacent to an activating group) is 1. The fourth-order valence-electron chi connectivity index (χ4n) is 1.71. The molecule has 0 heterocycles. The lowest BCUT2D eigenvalue weighted by Gasteiger charge is -2.30. The number of carbonyl (C=O) groups is 1. The van der Waals surface area contributed by atoms with Crippen molar-refractivity contribution in [1.29, 1.82) is 0 Å². The van der Waals surface area contributed by atoms with Crippen molar-refractivity contribution in [3.63, 3.8) is 0 Å². The second-order valence-corrected chi connectivity index (χ2v) is 5.84. The molecule has 1 aliphatic carbocycles. The molecule has 0 spiro atoms. The van der Waals surface area contributed by atoms with Gasteiger partial charge in [0.05, 0.1) is 0 Å². The van der Waals surface area contributed by atoms with Gasteiger partial charge in [0.25, 0.3) is 0 Å². The van der Waals surface area contributed by atoms with E-state index in [0.717, 1.165) is 6.42 Å². The first-order chi connectivity index (χ1) is 8.33. The first kappa shape index (κ1) is 14.6. The van der Waals surface area contributed by atoms with Crippen LogP contribution in [-0.2, 0) is 4.74 Å². The summed E-state index contributed by atoms with van der Waals surface area (Å²) < 4.78 is 5.31. The highest BCUT2D eigenvalue weighted by Crippen LogP contribution is 2.34. The molecular weight excluding hydrogens is 232 g/mol. The number of ether oxygens (including phenoxy) is 1. The number of hydrogen-bond acceptors (Lipinski definition) is 3. The topological polar surface area (TPSA) is 78.3 Å². The lowest BCUT2D eigenvalue weighted by molar-refractivity contribution is 0.0217. The van der Waals surface area contributed by atoms with Crippen LogP contribution in [0.5, 0.6) is 0 Å². The van der Waals surface area contributed by atoms with E-state index in [1.54, 1.807) is 11.9 Å². The van der Waals surface area contributed by atoms with Crippen molar-refractivity contribution in [1.82, 2.24) is 4.90 Å². The quantitative estimate of drug-likeness (QED) is 0.428. The van der Waals surface area contributed by atoms with Crippen LogP contribution in [0.1, 0.15) is 40.0 Å². The Balaban J connectivity index is 2.58. The van der Waals surface area contributed by atoms with E-state index in [9.17, 15) is 4.79 Å². The Kier molecular flexibility index (Phi) is 4.84. The van der Waals surface area contributed by atoms with Gasteiger partial charge in [0, 0.05) is 24.5 Å². The molecule has 1 amide bonds. The van der Waals surface area contributed by atoms with Gasteiger partial charge >= 0.3 is 6.09 Å². The molecule has 0 radical (unpaired) electrons. The third-order valence-electron chi connectivity index (χ3n) is 2.89. The van der Waals surface area contributed by atoms with Gasteiger partial charge in [-0.2, -0.15) is 0 Å². The van der Waals surface area contributed by atoms with Crippen molar-refractivity contribution in [2.24, 2.45) is 11.0 Å². The molecule has 1 atom stereocenters. The molecule has 1 rings (SSSR count). The minimum atomic E-state index is -0.506. The molecule has 0 aliphatic heterocycles. The van der Waals surface area contributed by atoms with Crippen molar-refractivity contribution in [2.45, 2.75) is 51.7 Å². The average molecular weight is 254 g/mol. The molecule has 1 saturated carbocycles. The van der Waals surface area contributed by atoms with Crippen LogP contribution in [0.2, 0.25) is 0 Å². The van der Waals surface area contributed by atoms with Gasteiger partial charge in [0.1, 0.15) is 5.60 Å². The molecule has 0 aromatic heterocycles. The molecule has 0 N–H and O–H groups in total. The molecule has 0 saturated heterocycles. The fraction of sp³-hybridized carbons (Fsp3) is 0.917. The fourth-order valence-corrected chi connectivity index (χ4v) is 1.71. The molecular formula is C12H22N4O2. The van der Waals surface area contributed by atoms with Crippen LogP contribution >= 0.6 is 0 Å². The van der Waals surface area contributed by atoms with Gasteiger partial charge < -0.3 is 9.64 Å². The highest BCUT2D eigenvalue weighted by molar-refractivity contribution is 5.68. The predicted molar refractivity (Wildman–Crippen MR) is 69.1 cm³/mol. The highest BCUT2D eigenvalue weighted by atomic mass is 16.6. The van der Waals surface area contributed by atoms with Crippen LogP contribution in [0.15, 0.2) is 5.11 Å². The molecule has 6 heteroatoms. The van der Waals surface area contributed by atoms with Gasteiger partial charge in [-0.3, -0.25) is 0 Å². The van der Waals surface area contributed by atoms with Gasteiger partial charge in [-0.25, -0.2) is 4.79 Å². The van der Waals surface area contributed by atoms with E-state index in [2.05, 4.69) is 10.0 Å². The Hall–Kier alpha value is -1.42. The maximum atomic E-state index is 11.9. The molecule has 0 aromatic rings. The Morgan fingerprint density at radius 2 is 2.17 bits per heavy atom. The summed E-state index contributed by atoms with van der Waals surface area (Å²) in [5, 5.41) is 3.58. The van der Waals surface area contributed by atoms with Crippen molar-refractivity contribution in [3.8, 4) is 0 Å². The van der Waals surface area contributed by atoms with Gasteiger partial charge in [0.2, 0.25) is 0 Å². The molecule has 18 heavy (non-hydrogen) atoms. The zero-order valence-electron chi connectivity index (χ0n) is 11.6. The molecule has 1 aliphatic rings. The molecule has 102 valence electrons. The molecule has 0 unspecified atom stereocenters. The summed E-state index contributed by atoms with van der Waals surface area (Å²) in [6.07, 6.45) is 2.93. The number of nitrogens with zero attached hydrogens (tertiary/aromatic N) is 4. The smallest absolute Gasteiger partial charge is 0.410 e. The molecule has 0 aromatic carbocycles. The number of hydrogen-bond donors (Lipinski definition) is 0. The van der Waals surface area contributed by atoms with Crippen molar-refractivity contribution >= 4 is 6.09 Å². The number of amides is 1. The van der Waals surface area contributed by atoms with Crippen LogP contribution in [0.3, 0.4) is 0 Å². The maximum Gasteiger partial charge on any atom is 0.410 e. The lowest BCUT2D eigenvalue weighted by atomic mass is 10.1. The lowest BCUT2D eigenvalue weighted by Crippen LogP contribution is -2.42. The van der Waals surface area contributed by atoms with Crippen LogP contribution in [-0.4, -0.2) is 36.2 Å². The SMILES string of the molecule is CN(C(=O)OC(C)(C)C)[C@@H](CN=[N+]=[N-])CC1CC1.